The third-order valence-electron chi connectivity index (χ3n) is 1.68. The Morgan fingerprint density at radius 2 is 2.31 bits per heavy atom. The molecule has 0 bridgehead atoms. The van der Waals surface area contributed by atoms with Crippen LogP contribution in [-0.4, -0.2) is 28.6 Å². The summed E-state index contributed by atoms with van der Waals surface area (Å²) in [4.78, 5) is 14.2. The molecule has 0 aromatic carbocycles. The van der Waals surface area contributed by atoms with Crippen LogP contribution in [0.2, 0.25) is 0 Å². The van der Waals surface area contributed by atoms with Crippen molar-refractivity contribution in [2.24, 2.45) is 0 Å². The van der Waals surface area contributed by atoms with Gasteiger partial charge in [0.05, 0.1) is 0 Å². The second kappa shape index (κ2) is 4.11. The predicted molar refractivity (Wildman–Crippen MR) is 54.9 cm³/mol. The number of nitrogens with one attached hydrogen (secondary N) is 1. The largest absolute Gasteiger partial charge is 0.456 e. The van der Waals surface area contributed by atoms with Crippen molar-refractivity contribution in [3.63, 3.8) is 0 Å². The van der Waals surface area contributed by atoms with Gasteiger partial charge in [0, 0.05) is 17.7 Å². The predicted octanol–water partition coefficient (Wildman–Crippen LogP) is 1.94. The Morgan fingerprint density at radius 3 is 2.92 bits per heavy atom. The minimum Gasteiger partial charge on any atom is -0.456 e. The summed E-state index contributed by atoms with van der Waals surface area (Å²) in [7, 11) is 3.50. The van der Waals surface area contributed by atoms with Gasteiger partial charge in [0.2, 0.25) is 0 Å². The Morgan fingerprint density at radius 1 is 1.54 bits per heavy atom. The van der Waals surface area contributed by atoms with Gasteiger partial charge in [0.15, 0.2) is 0 Å². The lowest BCUT2D eigenvalue weighted by Gasteiger charge is -2.08. The molecule has 3 nitrogen and oxygen atoms in total. The van der Waals surface area contributed by atoms with Crippen LogP contribution in [-0.2, 0) is 4.74 Å². The fourth-order valence-corrected chi connectivity index (χ4v) is 3.54. The highest BCUT2D eigenvalue weighted by atomic mass is 33.1. The van der Waals surface area contributed by atoms with Gasteiger partial charge in [-0.25, -0.2) is 4.79 Å². The van der Waals surface area contributed by atoms with Gasteiger partial charge in [-0.1, -0.05) is 21.6 Å². The zero-order chi connectivity index (χ0) is 9.10. The molecule has 70 valence electrons. The zero-order valence-corrected chi connectivity index (χ0v) is 8.49. The van der Waals surface area contributed by atoms with Crippen molar-refractivity contribution in [2.45, 2.75) is 6.10 Å². The van der Waals surface area contributed by atoms with Crippen LogP contribution in [0, 0.1) is 0 Å². The minimum absolute atomic E-state index is 0.0748. The smallest absolute Gasteiger partial charge is 0.355 e. The zero-order valence-electron chi connectivity index (χ0n) is 6.86. The lowest BCUT2D eigenvalue weighted by atomic mass is 10.4. The molecular weight excluding hydrogens is 206 g/mol. The van der Waals surface area contributed by atoms with Crippen LogP contribution in [0.3, 0.4) is 0 Å². The molecule has 0 unspecified atom stereocenters. The molecule has 1 saturated heterocycles. The van der Waals surface area contributed by atoms with Gasteiger partial charge in [-0.2, -0.15) is 0 Å². The molecule has 5 heteroatoms. The van der Waals surface area contributed by atoms with Gasteiger partial charge in [0.25, 0.3) is 0 Å². The summed E-state index contributed by atoms with van der Waals surface area (Å²) in [6, 6.07) is 3.51. The van der Waals surface area contributed by atoms with Crippen LogP contribution >= 0.6 is 21.6 Å². The number of carbonyl (C=O) groups is 1. The maximum atomic E-state index is 11.4. The first-order chi connectivity index (χ1) is 6.36. The normalized spacial score (nSPS) is 17.5. The molecule has 2 rings (SSSR count). The van der Waals surface area contributed by atoms with E-state index >= 15 is 0 Å². The molecule has 0 saturated carbocycles. The molecule has 0 aliphatic carbocycles. The number of hydrogen-bond acceptors (Lipinski definition) is 4. The van der Waals surface area contributed by atoms with Gasteiger partial charge >= 0.3 is 5.97 Å². The van der Waals surface area contributed by atoms with Crippen LogP contribution in [0.1, 0.15) is 10.5 Å². The maximum absolute atomic E-state index is 11.4. The quantitative estimate of drug-likeness (QED) is 0.604. The SMILES string of the molecule is O=C(OC1CSSC1)c1ccc[nH]1. The molecule has 0 atom stereocenters. The first-order valence-electron chi connectivity index (χ1n) is 3.95. The highest BCUT2D eigenvalue weighted by molar-refractivity contribution is 8.77. The second-order valence-corrected chi connectivity index (χ2v) is 5.23. The van der Waals surface area contributed by atoms with Crippen molar-refractivity contribution in [3.05, 3.63) is 24.0 Å². The van der Waals surface area contributed by atoms with E-state index in [9.17, 15) is 4.79 Å². The fourth-order valence-electron chi connectivity index (χ4n) is 1.04. The van der Waals surface area contributed by atoms with Crippen molar-refractivity contribution in [2.75, 3.05) is 11.5 Å². The first kappa shape index (κ1) is 9.02. The molecule has 2 heterocycles. The second-order valence-electron chi connectivity index (χ2n) is 2.68. The molecule has 1 aliphatic heterocycles. The molecule has 1 aromatic heterocycles. The van der Waals surface area contributed by atoms with Crippen molar-refractivity contribution in [3.8, 4) is 0 Å². The van der Waals surface area contributed by atoms with E-state index in [-0.39, 0.29) is 12.1 Å². The first-order valence-corrected chi connectivity index (χ1v) is 6.44. The number of aromatic amines is 1. The Balaban J connectivity index is 1.91. The van der Waals surface area contributed by atoms with E-state index in [0.29, 0.717) is 5.69 Å². The Labute approximate surface area is 84.0 Å². The van der Waals surface area contributed by atoms with Crippen LogP contribution in [0.5, 0.6) is 0 Å². The third-order valence-corrected chi connectivity index (χ3v) is 4.18. The van der Waals surface area contributed by atoms with Crippen molar-refractivity contribution < 1.29 is 9.53 Å². The molecule has 1 aliphatic rings. The van der Waals surface area contributed by atoms with Gasteiger partial charge in [-0.15, -0.1) is 0 Å². The highest BCUT2D eigenvalue weighted by Crippen LogP contribution is 2.32. The summed E-state index contributed by atoms with van der Waals surface area (Å²) in [5, 5.41) is 0. The Bertz CT molecular complexity index is 280. The van der Waals surface area contributed by atoms with Gasteiger partial charge < -0.3 is 9.72 Å². The Kier molecular flexibility index (Phi) is 2.85. The van der Waals surface area contributed by atoms with E-state index in [1.165, 1.54) is 0 Å². The molecule has 0 spiro atoms. The molecule has 1 N–H and O–H groups in total. The Hall–Kier alpha value is -0.550. The highest BCUT2D eigenvalue weighted by Gasteiger charge is 2.21. The number of rotatable bonds is 2. The summed E-state index contributed by atoms with van der Waals surface area (Å²) in [5.41, 5.74) is 0.530. The number of hydrogen-bond donors (Lipinski definition) is 1. The summed E-state index contributed by atoms with van der Waals surface area (Å²) >= 11 is 0. The monoisotopic (exact) mass is 215 g/mol. The lowest BCUT2D eigenvalue weighted by Crippen LogP contribution is -2.19. The molecular formula is C8H9NO2S2. The topological polar surface area (TPSA) is 42.1 Å². The standard InChI is InChI=1S/C8H9NO2S2/c10-8(7-2-1-3-9-7)11-6-4-12-13-5-6/h1-3,6,9H,4-5H2. The van der Waals surface area contributed by atoms with Crippen molar-refractivity contribution in [1.82, 2.24) is 4.98 Å². The average Bonchev–Trinajstić information content (AvgIpc) is 2.74. The van der Waals surface area contributed by atoms with E-state index < -0.39 is 0 Å². The number of aromatic nitrogens is 1. The molecule has 0 amide bonds. The minimum atomic E-state index is -0.252. The summed E-state index contributed by atoms with van der Waals surface area (Å²) in [6.07, 6.45) is 1.79. The average molecular weight is 215 g/mol. The van der Waals surface area contributed by atoms with Gasteiger partial charge in [-0.05, 0) is 12.1 Å². The van der Waals surface area contributed by atoms with Crippen LogP contribution in [0.4, 0.5) is 0 Å². The number of H-pyrrole nitrogens is 1. The van der Waals surface area contributed by atoms with Crippen LogP contribution < -0.4 is 0 Å². The van der Waals surface area contributed by atoms with Crippen molar-refractivity contribution in [1.29, 1.82) is 0 Å². The summed E-state index contributed by atoms with van der Waals surface area (Å²) < 4.78 is 5.24. The van der Waals surface area contributed by atoms with Gasteiger partial charge in [-0.3, -0.25) is 0 Å². The summed E-state index contributed by atoms with van der Waals surface area (Å²) in [5.74, 6) is 1.55. The number of esters is 1. The van der Waals surface area contributed by atoms with E-state index in [1.807, 2.05) is 0 Å². The fraction of sp³-hybridized carbons (Fsp3) is 0.375. The molecule has 1 aromatic rings. The van der Waals surface area contributed by atoms with Crippen LogP contribution in [0.25, 0.3) is 0 Å². The third kappa shape index (κ3) is 2.22. The molecule has 1 fully saturated rings. The van der Waals surface area contributed by atoms with Crippen LogP contribution in [0.15, 0.2) is 18.3 Å². The maximum Gasteiger partial charge on any atom is 0.355 e. The molecule has 0 radical (unpaired) electrons. The van der Waals surface area contributed by atoms with E-state index in [1.54, 1.807) is 39.9 Å². The van der Waals surface area contributed by atoms with E-state index in [2.05, 4.69) is 4.98 Å². The van der Waals surface area contributed by atoms with Crippen molar-refractivity contribution >= 4 is 27.6 Å². The lowest BCUT2D eigenvalue weighted by molar-refractivity contribution is 0.0391. The summed E-state index contributed by atoms with van der Waals surface area (Å²) in [6.45, 7) is 0. The van der Waals surface area contributed by atoms with Gasteiger partial charge in [0.1, 0.15) is 11.8 Å². The number of ether oxygens (including phenoxy) is 1. The number of carbonyl (C=O) groups excluding carboxylic acids is 1. The molecule has 13 heavy (non-hydrogen) atoms. The van der Waals surface area contributed by atoms with E-state index in [0.717, 1.165) is 11.5 Å². The van der Waals surface area contributed by atoms with E-state index in [4.69, 9.17) is 4.74 Å².